The molecule has 0 saturated carbocycles. The highest BCUT2D eigenvalue weighted by atomic mass is 16.5. The van der Waals surface area contributed by atoms with Crippen molar-refractivity contribution in [1.29, 1.82) is 0 Å². The zero-order valence-electron chi connectivity index (χ0n) is 19.7. The molecule has 0 radical (unpaired) electrons. The molecule has 0 bridgehead atoms. The van der Waals surface area contributed by atoms with E-state index in [0.29, 0.717) is 0 Å². The van der Waals surface area contributed by atoms with Gasteiger partial charge >= 0.3 is 0 Å². The summed E-state index contributed by atoms with van der Waals surface area (Å²) >= 11 is 0. The molecule has 7 nitrogen and oxygen atoms in total. The second-order valence-electron chi connectivity index (χ2n) is 9.51. The van der Waals surface area contributed by atoms with Gasteiger partial charge in [0.15, 0.2) is 11.5 Å². The first-order valence-corrected chi connectivity index (χ1v) is 12.0. The number of carbonyl (C=O) groups excluding carboxylic acids is 1. The molecule has 1 spiro atoms. The number of carbonyl (C=O) groups is 1. The molecule has 3 aromatic rings. The van der Waals surface area contributed by atoms with Crippen LogP contribution in [0.3, 0.4) is 0 Å². The largest absolute Gasteiger partial charge is 0.491 e. The van der Waals surface area contributed by atoms with E-state index in [1.807, 2.05) is 26.0 Å². The lowest BCUT2D eigenvalue weighted by Crippen LogP contribution is -2.39. The molecule has 2 aromatic carbocycles. The van der Waals surface area contributed by atoms with E-state index in [1.54, 1.807) is 0 Å². The number of piperidine rings is 1. The first-order valence-electron chi connectivity index (χ1n) is 12.0. The molecule has 2 heterocycles. The van der Waals surface area contributed by atoms with Crippen molar-refractivity contribution in [2.75, 3.05) is 18.8 Å². The second-order valence-corrected chi connectivity index (χ2v) is 9.51. The van der Waals surface area contributed by atoms with Crippen LogP contribution in [0.5, 0.6) is 5.75 Å². The molecule has 7 heteroatoms. The van der Waals surface area contributed by atoms with Gasteiger partial charge in [0.1, 0.15) is 5.75 Å². The Morgan fingerprint density at radius 3 is 2.56 bits per heavy atom. The lowest BCUT2D eigenvalue weighted by molar-refractivity contribution is 0.0927. The standard InChI is InChI=1S/C27H31N5O2/c1-17(2)34-19-8-6-18(7-9-19)20-4-3-5-21-22(16-27(23(20)21)10-12-29-13-11-27)32-26(33)24-25(28)31-15-14-30-24/h3-9,14-15,17,22,29H,10-13,16H2,1-2H3,(H2,28,31)(H,32,33). The minimum absolute atomic E-state index is 0.0101. The summed E-state index contributed by atoms with van der Waals surface area (Å²) in [6.07, 6.45) is 6.05. The average molecular weight is 458 g/mol. The number of ether oxygens (including phenoxy) is 1. The Morgan fingerprint density at radius 2 is 1.85 bits per heavy atom. The topological polar surface area (TPSA) is 102 Å². The van der Waals surface area contributed by atoms with Crippen molar-refractivity contribution in [3.8, 4) is 16.9 Å². The van der Waals surface area contributed by atoms with Crippen molar-refractivity contribution in [2.45, 2.75) is 50.7 Å². The first-order chi connectivity index (χ1) is 16.5. The van der Waals surface area contributed by atoms with Crippen molar-refractivity contribution in [3.63, 3.8) is 0 Å². The highest BCUT2D eigenvalue weighted by molar-refractivity contribution is 5.96. The normalized spacial score (nSPS) is 18.6. The molecule has 1 amide bonds. The number of aromatic nitrogens is 2. The van der Waals surface area contributed by atoms with Gasteiger partial charge in [-0.3, -0.25) is 4.79 Å². The summed E-state index contributed by atoms with van der Waals surface area (Å²) in [7, 11) is 0. The molecule has 1 saturated heterocycles. The van der Waals surface area contributed by atoms with Crippen LogP contribution in [0.15, 0.2) is 54.9 Å². The van der Waals surface area contributed by atoms with Gasteiger partial charge in [0, 0.05) is 17.8 Å². The Bertz CT molecular complexity index is 1190. The Kier molecular flexibility index (Phi) is 5.96. The number of hydrogen-bond acceptors (Lipinski definition) is 6. The Balaban J connectivity index is 1.53. The van der Waals surface area contributed by atoms with Crippen LogP contribution >= 0.6 is 0 Å². The summed E-state index contributed by atoms with van der Waals surface area (Å²) < 4.78 is 5.84. The summed E-state index contributed by atoms with van der Waals surface area (Å²) in [4.78, 5) is 21.2. The number of amides is 1. The number of fused-ring (bicyclic) bond motifs is 2. The molecule has 1 aromatic heterocycles. The fraction of sp³-hybridized carbons (Fsp3) is 0.370. The van der Waals surface area contributed by atoms with E-state index in [2.05, 4.69) is 50.9 Å². The van der Waals surface area contributed by atoms with E-state index >= 15 is 0 Å². The predicted octanol–water partition coefficient (Wildman–Crippen LogP) is 4.01. The van der Waals surface area contributed by atoms with Crippen molar-refractivity contribution in [3.05, 3.63) is 71.7 Å². The Labute approximate surface area is 200 Å². The molecule has 1 unspecified atom stereocenters. The summed E-state index contributed by atoms with van der Waals surface area (Å²) in [5.41, 5.74) is 11.0. The SMILES string of the molecule is CC(C)Oc1ccc(-c2cccc3c2C2(CCNCC2)CC3NC(=O)c2nccnc2N)cc1. The van der Waals surface area contributed by atoms with Gasteiger partial charge in [-0.05, 0) is 80.6 Å². The number of hydrogen-bond donors (Lipinski definition) is 3. The molecule has 4 N–H and O–H groups in total. The van der Waals surface area contributed by atoms with Crippen LogP contribution in [-0.4, -0.2) is 35.1 Å². The van der Waals surface area contributed by atoms with Gasteiger partial charge in [-0.2, -0.15) is 0 Å². The van der Waals surface area contributed by atoms with Crippen LogP contribution < -0.4 is 21.1 Å². The van der Waals surface area contributed by atoms with E-state index in [0.717, 1.165) is 43.7 Å². The zero-order valence-corrected chi connectivity index (χ0v) is 19.7. The van der Waals surface area contributed by atoms with E-state index in [-0.39, 0.29) is 35.0 Å². The van der Waals surface area contributed by atoms with Gasteiger partial charge < -0.3 is 21.1 Å². The Morgan fingerprint density at radius 1 is 1.12 bits per heavy atom. The number of nitrogens with two attached hydrogens (primary N) is 1. The van der Waals surface area contributed by atoms with Gasteiger partial charge in [-0.15, -0.1) is 0 Å². The maximum atomic E-state index is 13.1. The third-order valence-corrected chi connectivity index (χ3v) is 6.94. The predicted molar refractivity (Wildman–Crippen MR) is 133 cm³/mol. The third-order valence-electron chi connectivity index (χ3n) is 6.94. The molecule has 1 aliphatic carbocycles. The molecule has 2 aliphatic rings. The van der Waals surface area contributed by atoms with E-state index < -0.39 is 0 Å². The maximum absolute atomic E-state index is 13.1. The van der Waals surface area contributed by atoms with E-state index in [1.165, 1.54) is 29.1 Å². The van der Waals surface area contributed by atoms with E-state index in [9.17, 15) is 4.79 Å². The fourth-order valence-corrected chi connectivity index (χ4v) is 5.52. The van der Waals surface area contributed by atoms with Crippen LogP contribution in [-0.2, 0) is 5.41 Å². The number of nitrogens with one attached hydrogen (secondary N) is 2. The smallest absolute Gasteiger partial charge is 0.274 e. The zero-order chi connectivity index (χ0) is 23.7. The van der Waals surface area contributed by atoms with Gasteiger partial charge in [-0.1, -0.05) is 30.3 Å². The van der Waals surface area contributed by atoms with Gasteiger partial charge in [0.25, 0.3) is 5.91 Å². The average Bonchev–Trinajstić information content (AvgIpc) is 3.12. The first kappa shape index (κ1) is 22.3. The summed E-state index contributed by atoms with van der Waals surface area (Å²) in [6, 6.07) is 14.7. The molecule has 1 atom stereocenters. The molecule has 5 rings (SSSR count). The number of nitrogens with zero attached hydrogens (tertiary/aromatic N) is 2. The number of benzene rings is 2. The highest BCUT2D eigenvalue weighted by Crippen LogP contribution is 2.53. The minimum Gasteiger partial charge on any atom is -0.491 e. The summed E-state index contributed by atoms with van der Waals surface area (Å²) in [5.74, 6) is 0.731. The summed E-state index contributed by atoms with van der Waals surface area (Å²) in [6.45, 7) is 5.99. The fourth-order valence-electron chi connectivity index (χ4n) is 5.52. The van der Waals surface area contributed by atoms with Crippen LogP contribution in [0.2, 0.25) is 0 Å². The molecular weight excluding hydrogens is 426 g/mol. The lowest BCUT2D eigenvalue weighted by Gasteiger charge is -2.36. The van der Waals surface area contributed by atoms with Gasteiger partial charge in [-0.25, -0.2) is 9.97 Å². The number of anilines is 1. The molecule has 176 valence electrons. The number of rotatable bonds is 5. The second kappa shape index (κ2) is 9.06. The highest BCUT2D eigenvalue weighted by Gasteiger charge is 2.46. The quantitative estimate of drug-likeness (QED) is 0.535. The van der Waals surface area contributed by atoms with Crippen LogP contribution in [0.25, 0.3) is 11.1 Å². The molecule has 1 aliphatic heterocycles. The Hall–Kier alpha value is -3.45. The van der Waals surface area contributed by atoms with Crippen LogP contribution in [0.1, 0.15) is 60.8 Å². The van der Waals surface area contributed by atoms with E-state index in [4.69, 9.17) is 10.5 Å². The third kappa shape index (κ3) is 4.12. The van der Waals surface area contributed by atoms with Gasteiger partial charge in [0.05, 0.1) is 12.1 Å². The maximum Gasteiger partial charge on any atom is 0.274 e. The lowest BCUT2D eigenvalue weighted by atomic mass is 9.72. The van der Waals surface area contributed by atoms with Gasteiger partial charge in [0.2, 0.25) is 0 Å². The van der Waals surface area contributed by atoms with Crippen LogP contribution in [0, 0.1) is 0 Å². The van der Waals surface area contributed by atoms with Crippen molar-refractivity contribution >= 4 is 11.7 Å². The van der Waals surface area contributed by atoms with Crippen molar-refractivity contribution < 1.29 is 9.53 Å². The molecule has 34 heavy (non-hydrogen) atoms. The van der Waals surface area contributed by atoms with Crippen LogP contribution in [0.4, 0.5) is 5.82 Å². The van der Waals surface area contributed by atoms with Crippen molar-refractivity contribution in [2.24, 2.45) is 0 Å². The summed E-state index contributed by atoms with van der Waals surface area (Å²) in [5, 5.41) is 6.71. The molecule has 1 fully saturated rings. The molecular formula is C27H31N5O2. The minimum atomic E-state index is -0.284. The number of nitrogen functional groups attached to an aromatic ring is 1. The van der Waals surface area contributed by atoms with Crippen molar-refractivity contribution in [1.82, 2.24) is 20.6 Å². The monoisotopic (exact) mass is 457 g/mol.